The average molecular weight is 489 g/mol. The first-order valence-corrected chi connectivity index (χ1v) is 11.9. The molecule has 1 aromatic rings. The molecule has 4 N–H and O–H groups in total. The molecule has 194 valence electrons. The third kappa shape index (κ3) is 10.2. The number of nitrogens with zero attached hydrogens (tertiary/aromatic N) is 1. The van der Waals surface area contributed by atoms with Gasteiger partial charge in [-0.1, -0.05) is 44.2 Å². The summed E-state index contributed by atoms with van der Waals surface area (Å²) in [4.78, 5) is 52.8. The van der Waals surface area contributed by atoms with Crippen molar-refractivity contribution < 1.29 is 23.9 Å². The van der Waals surface area contributed by atoms with Crippen LogP contribution >= 0.6 is 0 Å². The van der Waals surface area contributed by atoms with Gasteiger partial charge < -0.3 is 26.0 Å². The van der Waals surface area contributed by atoms with Crippen LogP contribution in [-0.2, 0) is 19.1 Å². The molecule has 2 atom stereocenters. The van der Waals surface area contributed by atoms with Crippen LogP contribution < -0.4 is 16.4 Å². The maximum absolute atomic E-state index is 13.8. The largest absolute Gasteiger partial charge is 0.444 e. The maximum Gasteiger partial charge on any atom is 0.408 e. The minimum atomic E-state index is -1.30. The monoisotopic (exact) mass is 488 g/mol. The van der Waals surface area contributed by atoms with Crippen molar-refractivity contribution in [3.8, 4) is 0 Å². The molecule has 0 aliphatic carbocycles. The van der Waals surface area contributed by atoms with Gasteiger partial charge in [0.15, 0.2) is 0 Å². The van der Waals surface area contributed by atoms with Gasteiger partial charge in [0.05, 0.1) is 6.42 Å². The van der Waals surface area contributed by atoms with Gasteiger partial charge in [0.2, 0.25) is 17.7 Å². The number of unbranched alkanes of at least 4 members (excludes halogenated alkanes) is 1. The van der Waals surface area contributed by atoms with Gasteiger partial charge in [0.25, 0.3) is 0 Å². The number of ether oxygens (including phenoxy) is 1. The highest BCUT2D eigenvalue weighted by atomic mass is 16.6. The van der Waals surface area contributed by atoms with Crippen LogP contribution in [0.15, 0.2) is 30.8 Å². The van der Waals surface area contributed by atoms with E-state index in [-0.39, 0.29) is 18.5 Å². The number of nitrogens with one attached hydrogen (secondary N) is 2. The Labute approximate surface area is 208 Å². The van der Waals surface area contributed by atoms with E-state index in [1.165, 1.54) is 4.90 Å². The molecule has 0 aliphatic rings. The molecule has 0 bridgehead atoms. The maximum atomic E-state index is 13.8. The molecule has 0 saturated carbocycles. The Morgan fingerprint density at radius 3 is 2.34 bits per heavy atom. The molecular weight excluding hydrogens is 448 g/mol. The second-order valence-corrected chi connectivity index (χ2v) is 9.69. The molecule has 0 spiro atoms. The van der Waals surface area contributed by atoms with E-state index in [0.29, 0.717) is 12.0 Å². The minimum Gasteiger partial charge on any atom is -0.444 e. The first-order valence-electron chi connectivity index (χ1n) is 11.9. The number of rotatable bonds is 12. The molecule has 9 nitrogen and oxygen atoms in total. The number of hydrogen-bond acceptors (Lipinski definition) is 5. The molecule has 0 radical (unpaired) electrons. The van der Waals surface area contributed by atoms with Crippen molar-refractivity contribution in [3.63, 3.8) is 0 Å². The molecule has 1 aromatic carbocycles. The molecule has 0 heterocycles. The average Bonchev–Trinajstić information content (AvgIpc) is 2.73. The standard InChI is InChI=1S/C26H40N4O5/c1-8-10-14-30(24(33)20(16-21(27)31)29-25(34)35-26(5,6)7)22(23(32)28-17(3)4)19-13-11-12-18(9-2)15-19/h9,11-13,15,17,20,22H,2,8,10,14,16H2,1,3-7H3,(H2,27,31)(H,28,32)(H,29,34). The zero-order chi connectivity index (χ0) is 26.8. The number of benzene rings is 1. The number of nitrogens with two attached hydrogens (primary N) is 1. The third-order valence-corrected chi connectivity index (χ3v) is 4.88. The lowest BCUT2D eigenvalue weighted by molar-refractivity contribution is -0.143. The summed E-state index contributed by atoms with van der Waals surface area (Å²) in [7, 11) is 0. The fourth-order valence-corrected chi connectivity index (χ4v) is 3.44. The second-order valence-electron chi connectivity index (χ2n) is 9.69. The SMILES string of the molecule is C=Cc1cccc(C(C(=O)NC(C)C)N(CCCC)C(=O)C(CC(N)=O)NC(=O)OC(C)(C)C)c1. The quantitative estimate of drug-likeness (QED) is 0.415. The molecule has 0 aromatic heterocycles. The fraction of sp³-hybridized carbons (Fsp3) is 0.538. The summed E-state index contributed by atoms with van der Waals surface area (Å²) in [5.41, 5.74) is 5.95. The predicted octanol–water partition coefficient (Wildman–Crippen LogP) is 3.29. The molecular formula is C26H40N4O5. The Morgan fingerprint density at radius 1 is 1.17 bits per heavy atom. The summed E-state index contributed by atoms with van der Waals surface area (Å²) in [5, 5.41) is 5.35. The van der Waals surface area contributed by atoms with Crippen LogP contribution in [0.5, 0.6) is 0 Å². The van der Waals surface area contributed by atoms with Crippen molar-refractivity contribution in [1.82, 2.24) is 15.5 Å². The highest BCUT2D eigenvalue weighted by Crippen LogP contribution is 2.25. The van der Waals surface area contributed by atoms with Crippen LogP contribution in [0.3, 0.4) is 0 Å². The molecule has 0 fully saturated rings. The summed E-state index contributed by atoms with van der Waals surface area (Å²) in [6.07, 6.45) is 1.72. The fourth-order valence-electron chi connectivity index (χ4n) is 3.44. The lowest BCUT2D eigenvalue weighted by atomic mass is 9.99. The van der Waals surface area contributed by atoms with Gasteiger partial charge in [0.1, 0.15) is 17.7 Å². The van der Waals surface area contributed by atoms with E-state index in [4.69, 9.17) is 10.5 Å². The summed E-state index contributed by atoms with van der Waals surface area (Å²) in [6, 6.07) is 4.71. The number of alkyl carbamates (subject to hydrolysis) is 1. The molecule has 9 heteroatoms. The zero-order valence-electron chi connectivity index (χ0n) is 21.7. The molecule has 35 heavy (non-hydrogen) atoms. The lowest BCUT2D eigenvalue weighted by Gasteiger charge is -2.34. The normalized spacial score (nSPS) is 12.9. The van der Waals surface area contributed by atoms with Crippen molar-refractivity contribution in [3.05, 3.63) is 42.0 Å². The predicted molar refractivity (Wildman–Crippen MR) is 136 cm³/mol. The van der Waals surface area contributed by atoms with Crippen molar-refractivity contribution >= 4 is 29.9 Å². The number of primary amides is 1. The van der Waals surface area contributed by atoms with E-state index in [2.05, 4.69) is 17.2 Å². The van der Waals surface area contributed by atoms with E-state index in [0.717, 1.165) is 12.0 Å². The van der Waals surface area contributed by atoms with Gasteiger partial charge in [-0.3, -0.25) is 14.4 Å². The van der Waals surface area contributed by atoms with Crippen LogP contribution in [0, 0.1) is 0 Å². The van der Waals surface area contributed by atoms with Crippen LogP contribution in [0.1, 0.15) is 78.0 Å². The summed E-state index contributed by atoms with van der Waals surface area (Å²) < 4.78 is 5.27. The van der Waals surface area contributed by atoms with E-state index in [9.17, 15) is 19.2 Å². The minimum absolute atomic E-state index is 0.169. The topological polar surface area (TPSA) is 131 Å². The Bertz CT molecular complexity index is 907. The van der Waals surface area contributed by atoms with Crippen molar-refractivity contribution in [1.29, 1.82) is 0 Å². The van der Waals surface area contributed by atoms with E-state index in [1.54, 1.807) is 45.0 Å². The molecule has 0 saturated heterocycles. The Balaban J connectivity index is 3.51. The number of hydrogen-bond donors (Lipinski definition) is 3. The van der Waals surface area contributed by atoms with Gasteiger partial charge in [-0.05, 0) is 58.2 Å². The van der Waals surface area contributed by atoms with Crippen molar-refractivity contribution in [2.24, 2.45) is 5.73 Å². The van der Waals surface area contributed by atoms with Gasteiger partial charge in [-0.15, -0.1) is 0 Å². The van der Waals surface area contributed by atoms with E-state index < -0.39 is 42.0 Å². The van der Waals surface area contributed by atoms with Gasteiger partial charge in [-0.25, -0.2) is 4.79 Å². The van der Waals surface area contributed by atoms with Crippen LogP contribution in [0.4, 0.5) is 4.79 Å². The summed E-state index contributed by atoms with van der Waals surface area (Å²) in [5.74, 6) is -1.75. The first-order chi connectivity index (χ1) is 16.3. The summed E-state index contributed by atoms with van der Waals surface area (Å²) >= 11 is 0. The Hall–Kier alpha value is -3.36. The smallest absolute Gasteiger partial charge is 0.408 e. The van der Waals surface area contributed by atoms with Crippen molar-refractivity contribution in [2.45, 2.75) is 84.5 Å². The molecule has 0 aliphatic heterocycles. The second kappa shape index (κ2) is 13.5. The number of carbonyl (C=O) groups is 4. The number of amides is 4. The summed E-state index contributed by atoms with van der Waals surface area (Å²) in [6.45, 7) is 14.7. The Kier molecular flexibility index (Phi) is 11.5. The molecule has 2 unspecified atom stereocenters. The zero-order valence-corrected chi connectivity index (χ0v) is 21.7. The highest BCUT2D eigenvalue weighted by molar-refractivity contribution is 5.94. The van der Waals surface area contributed by atoms with Gasteiger partial charge in [-0.2, -0.15) is 0 Å². The van der Waals surface area contributed by atoms with Crippen LogP contribution in [-0.4, -0.2) is 52.9 Å². The third-order valence-electron chi connectivity index (χ3n) is 4.88. The van der Waals surface area contributed by atoms with E-state index >= 15 is 0 Å². The Morgan fingerprint density at radius 2 is 1.83 bits per heavy atom. The molecule has 4 amide bonds. The van der Waals surface area contributed by atoms with Gasteiger partial charge >= 0.3 is 6.09 Å². The van der Waals surface area contributed by atoms with E-state index in [1.807, 2.05) is 26.8 Å². The number of carbonyl (C=O) groups excluding carboxylic acids is 4. The first kappa shape index (κ1) is 29.7. The van der Waals surface area contributed by atoms with Crippen LogP contribution in [0.25, 0.3) is 6.08 Å². The lowest BCUT2D eigenvalue weighted by Crippen LogP contribution is -2.54. The van der Waals surface area contributed by atoms with Crippen molar-refractivity contribution in [2.75, 3.05) is 6.54 Å². The van der Waals surface area contributed by atoms with Crippen LogP contribution in [0.2, 0.25) is 0 Å². The van der Waals surface area contributed by atoms with Gasteiger partial charge in [0, 0.05) is 12.6 Å². The molecule has 1 rings (SSSR count). The highest BCUT2D eigenvalue weighted by Gasteiger charge is 2.36.